The number of anilines is 1. The molecule has 1 aromatic heterocycles. The second kappa shape index (κ2) is 3.25. The molecule has 0 atom stereocenters. The molecule has 13 heavy (non-hydrogen) atoms. The fourth-order valence-corrected chi connectivity index (χ4v) is 0.906. The Hall–Kier alpha value is -1.87. The molecule has 0 bridgehead atoms. The molecule has 7 heteroatoms. The molecule has 0 aliphatic heterocycles. The summed E-state index contributed by atoms with van der Waals surface area (Å²) in [7, 11) is 0. The molecule has 0 aliphatic rings. The summed E-state index contributed by atoms with van der Waals surface area (Å²) in [5, 5.41) is 18.7. The van der Waals surface area contributed by atoms with Gasteiger partial charge in [-0.3, -0.25) is 10.1 Å². The van der Waals surface area contributed by atoms with Gasteiger partial charge >= 0.3 is 5.69 Å². The van der Waals surface area contributed by atoms with Gasteiger partial charge < -0.3 is 5.73 Å². The molecule has 0 fully saturated rings. The van der Waals surface area contributed by atoms with Gasteiger partial charge in [0, 0.05) is 6.07 Å². The van der Waals surface area contributed by atoms with E-state index in [4.69, 9.17) is 22.6 Å². The zero-order valence-electron chi connectivity index (χ0n) is 6.19. The molecule has 1 heterocycles. The Morgan fingerprint density at radius 3 is 2.85 bits per heavy atom. The molecule has 0 unspecified atom stereocenters. The number of pyridine rings is 1. The van der Waals surface area contributed by atoms with Crippen molar-refractivity contribution in [2.75, 3.05) is 5.73 Å². The van der Waals surface area contributed by atoms with Crippen molar-refractivity contribution in [3.05, 3.63) is 26.9 Å². The maximum absolute atomic E-state index is 10.3. The Balaban J connectivity index is 3.41. The van der Waals surface area contributed by atoms with E-state index < -0.39 is 10.6 Å². The predicted molar refractivity (Wildman–Crippen MR) is 45.0 cm³/mol. The highest BCUT2D eigenvalue weighted by Gasteiger charge is 2.16. The largest absolute Gasteiger partial charge is 0.378 e. The normalized spacial score (nSPS) is 9.23. The standard InChI is InChI=1S/C6H3ClN4O2/c7-5-3(2-8)1-4(11(12)13)6(9)10-5/h1H,(H2,9,10). The molecule has 0 spiro atoms. The number of aromatic nitrogens is 1. The summed E-state index contributed by atoms with van der Waals surface area (Å²) >= 11 is 5.47. The van der Waals surface area contributed by atoms with E-state index in [2.05, 4.69) is 4.98 Å². The lowest BCUT2D eigenvalue weighted by Crippen LogP contribution is -1.99. The highest BCUT2D eigenvalue weighted by molar-refractivity contribution is 6.30. The molecule has 0 saturated carbocycles. The lowest BCUT2D eigenvalue weighted by atomic mass is 10.3. The number of hydrogen-bond acceptors (Lipinski definition) is 5. The minimum Gasteiger partial charge on any atom is -0.378 e. The number of nitro groups is 1. The van der Waals surface area contributed by atoms with Crippen LogP contribution in [0.5, 0.6) is 0 Å². The van der Waals surface area contributed by atoms with Gasteiger partial charge in [-0.05, 0) is 0 Å². The van der Waals surface area contributed by atoms with E-state index >= 15 is 0 Å². The highest BCUT2D eigenvalue weighted by atomic mass is 35.5. The minimum absolute atomic E-state index is 0.0671. The average Bonchev–Trinajstić information content (AvgIpc) is 2.03. The first-order chi connectivity index (χ1) is 6.06. The lowest BCUT2D eigenvalue weighted by molar-refractivity contribution is -0.384. The van der Waals surface area contributed by atoms with Crippen LogP contribution in [0.3, 0.4) is 0 Å². The predicted octanol–water partition coefficient (Wildman–Crippen LogP) is 1.10. The highest BCUT2D eigenvalue weighted by Crippen LogP contribution is 2.24. The summed E-state index contributed by atoms with van der Waals surface area (Å²) < 4.78 is 0. The van der Waals surface area contributed by atoms with Crippen molar-refractivity contribution in [3.8, 4) is 6.07 Å². The van der Waals surface area contributed by atoms with Crippen LogP contribution >= 0.6 is 11.6 Å². The zero-order valence-corrected chi connectivity index (χ0v) is 6.95. The Labute approximate surface area is 77.7 Å². The molecule has 1 aromatic rings. The number of nitrogen functional groups attached to an aromatic ring is 1. The van der Waals surface area contributed by atoms with E-state index in [1.807, 2.05) is 0 Å². The number of nitrogens with zero attached hydrogens (tertiary/aromatic N) is 3. The van der Waals surface area contributed by atoms with E-state index in [9.17, 15) is 10.1 Å². The van der Waals surface area contributed by atoms with Crippen LogP contribution in [0, 0.1) is 21.4 Å². The maximum atomic E-state index is 10.3. The van der Waals surface area contributed by atoms with Crippen LogP contribution in [0.1, 0.15) is 5.56 Å². The van der Waals surface area contributed by atoms with Gasteiger partial charge in [0.05, 0.1) is 10.5 Å². The Morgan fingerprint density at radius 2 is 2.38 bits per heavy atom. The first-order valence-electron chi connectivity index (χ1n) is 3.06. The SMILES string of the molecule is N#Cc1cc([N+](=O)[O-])c(N)nc1Cl. The number of rotatable bonds is 1. The van der Waals surface area contributed by atoms with Crippen LogP contribution in [-0.2, 0) is 0 Å². The zero-order chi connectivity index (χ0) is 10.0. The van der Waals surface area contributed by atoms with Crippen LogP contribution in [0.15, 0.2) is 6.07 Å². The van der Waals surface area contributed by atoms with Crippen LogP contribution in [0.2, 0.25) is 5.15 Å². The molecule has 66 valence electrons. The summed E-state index contributed by atoms with van der Waals surface area (Å²) in [4.78, 5) is 13.1. The van der Waals surface area contributed by atoms with E-state index in [0.29, 0.717) is 0 Å². The summed E-state index contributed by atoms with van der Waals surface area (Å²) in [5.74, 6) is -0.297. The van der Waals surface area contributed by atoms with Gasteiger partial charge in [-0.1, -0.05) is 11.6 Å². The fourth-order valence-electron chi connectivity index (χ4n) is 0.718. The molecule has 1 rings (SSSR count). The maximum Gasteiger partial charge on any atom is 0.312 e. The quantitative estimate of drug-likeness (QED) is 0.413. The second-order valence-electron chi connectivity index (χ2n) is 2.10. The topological polar surface area (TPSA) is 106 Å². The molecule has 6 nitrogen and oxygen atoms in total. The number of nitrogens with two attached hydrogens (primary N) is 1. The number of nitriles is 1. The smallest absolute Gasteiger partial charge is 0.312 e. The van der Waals surface area contributed by atoms with Crippen molar-refractivity contribution in [1.82, 2.24) is 4.98 Å². The van der Waals surface area contributed by atoms with Crippen LogP contribution in [0.4, 0.5) is 11.5 Å². The third kappa shape index (κ3) is 1.65. The first-order valence-corrected chi connectivity index (χ1v) is 3.44. The molecule has 0 radical (unpaired) electrons. The van der Waals surface area contributed by atoms with Gasteiger partial charge in [0.2, 0.25) is 5.82 Å². The third-order valence-electron chi connectivity index (χ3n) is 1.30. The fraction of sp³-hybridized carbons (Fsp3) is 0. The van der Waals surface area contributed by atoms with Gasteiger partial charge in [-0.15, -0.1) is 0 Å². The monoisotopic (exact) mass is 198 g/mol. The van der Waals surface area contributed by atoms with Crippen molar-refractivity contribution in [1.29, 1.82) is 5.26 Å². The van der Waals surface area contributed by atoms with Gasteiger partial charge in [0.1, 0.15) is 11.2 Å². The van der Waals surface area contributed by atoms with Crippen LogP contribution in [-0.4, -0.2) is 9.91 Å². The summed E-state index contributed by atoms with van der Waals surface area (Å²) in [5.41, 5.74) is 4.72. The van der Waals surface area contributed by atoms with Gasteiger partial charge in [0.15, 0.2) is 0 Å². The van der Waals surface area contributed by atoms with E-state index in [1.54, 1.807) is 6.07 Å². The lowest BCUT2D eigenvalue weighted by Gasteiger charge is -1.97. The van der Waals surface area contributed by atoms with E-state index in [1.165, 1.54) is 0 Å². The van der Waals surface area contributed by atoms with Crippen molar-refractivity contribution in [2.45, 2.75) is 0 Å². The van der Waals surface area contributed by atoms with Gasteiger partial charge in [0.25, 0.3) is 0 Å². The number of halogens is 1. The summed E-state index contributed by atoms with van der Waals surface area (Å²) in [6, 6.07) is 2.65. The van der Waals surface area contributed by atoms with E-state index in [0.717, 1.165) is 6.07 Å². The van der Waals surface area contributed by atoms with Crippen LogP contribution < -0.4 is 5.73 Å². The van der Waals surface area contributed by atoms with E-state index in [-0.39, 0.29) is 16.5 Å². The van der Waals surface area contributed by atoms with Crippen molar-refractivity contribution < 1.29 is 4.92 Å². The first kappa shape index (κ1) is 9.22. The molecular weight excluding hydrogens is 196 g/mol. The molecule has 0 amide bonds. The molecular formula is C6H3ClN4O2. The minimum atomic E-state index is -0.723. The second-order valence-corrected chi connectivity index (χ2v) is 2.46. The Morgan fingerprint density at radius 1 is 1.77 bits per heavy atom. The average molecular weight is 199 g/mol. The van der Waals surface area contributed by atoms with Crippen molar-refractivity contribution in [3.63, 3.8) is 0 Å². The Bertz CT molecular complexity index is 412. The molecule has 0 aliphatic carbocycles. The molecule has 0 aromatic carbocycles. The van der Waals surface area contributed by atoms with Crippen molar-refractivity contribution in [2.24, 2.45) is 0 Å². The van der Waals surface area contributed by atoms with Crippen molar-refractivity contribution >= 4 is 23.1 Å². The molecule has 2 N–H and O–H groups in total. The summed E-state index contributed by atoms with van der Waals surface area (Å²) in [6.45, 7) is 0. The Kier molecular flexibility index (Phi) is 2.30. The van der Waals surface area contributed by atoms with Gasteiger partial charge in [-0.2, -0.15) is 5.26 Å². The molecule has 0 saturated heterocycles. The summed E-state index contributed by atoms with van der Waals surface area (Å²) in [6.07, 6.45) is 0. The third-order valence-corrected chi connectivity index (χ3v) is 1.59. The number of hydrogen-bond donors (Lipinski definition) is 1. The van der Waals surface area contributed by atoms with Crippen LogP contribution in [0.25, 0.3) is 0 Å². The van der Waals surface area contributed by atoms with Gasteiger partial charge in [-0.25, -0.2) is 4.98 Å².